The average molecular weight is 290 g/mol. The molecule has 0 aliphatic carbocycles. The van der Waals surface area contributed by atoms with Crippen LogP contribution in [0.1, 0.15) is 34.0 Å². The molecule has 1 aromatic rings. The van der Waals surface area contributed by atoms with Gasteiger partial charge in [-0.15, -0.1) is 0 Å². The molecule has 1 aliphatic rings. The van der Waals surface area contributed by atoms with Gasteiger partial charge in [-0.2, -0.15) is 0 Å². The molecular formula is C17H26N2O2. The van der Waals surface area contributed by atoms with Gasteiger partial charge in [0.25, 0.3) is 0 Å². The van der Waals surface area contributed by atoms with E-state index in [4.69, 9.17) is 0 Å². The number of nitrogens with zero attached hydrogens (tertiary/aromatic N) is 1. The smallest absolute Gasteiger partial charge is 0.167 e. The number of carbonyl (C=O) groups excluding carboxylic acids is 1. The number of hydrogen-bond acceptors (Lipinski definition) is 4. The Kier molecular flexibility index (Phi) is 5.01. The van der Waals surface area contributed by atoms with E-state index in [1.807, 2.05) is 27.7 Å². The maximum absolute atomic E-state index is 12.8. The van der Waals surface area contributed by atoms with Crippen molar-refractivity contribution in [1.82, 2.24) is 10.2 Å². The van der Waals surface area contributed by atoms with Crippen molar-refractivity contribution in [3.8, 4) is 5.75 Å². The van der Waals surface area contributed by atoms with Gasteiger partial charge in [0.1, 0.15) is 5.75 Å². The zero-order chi connectivity index (χ0) is 15.6. The minimum Gasteiger partial charge on any atom is -0.508 e. The van der Waals surface area contributed by atoms with E-state index in [1.165, 1.54) is 0 Å². The number of phenols is 1. The van der Waals surface area contributed by atoms with Gasteiger partial charge >= 0.3 is 0 Å². The lowest BCUT2D eigenvalue weighted by atomic mass is 9.89. The van der Waals surface area contributed by atoms with E-state index in [-0.39, 0.29) is 17.5 Å². The van der Waals surface area contributed by atoms with Crippen LogP contribution in [0.3, 0.4) is 0 Å². The monoisotopic (exact) mass is 290 g/mol. The van der Waals surface area contributed by atoms with Crippen molar-refractivity contribution in [2.24, 2.45) is 5.92 Å². The van der Waals surface area contributed by atoms with Crippen molar-refractivity contribution in [1.29, 1.82) is 0 Å². The maximum Gasteiger partial charge on any atom is 0.167 e. The molecular weight excluding hydrogens is 264 g/mol. The van der Waals surface area contributed by atoms with Crippen LogP contribution in [0.25, 0.3) is 0 Å². The Morgan fingerprint density at radius 1 is 1.29 bits per heavy atom. The number of nitrogens with one attached hydrogen (secondary N) is 1. The summed E-state index contributed by atoms with van der Waals surface area (Å²) < 4.78 is 0. The molecule has 2 N–H and O–H groups in total. The summed E-state index contributed by atoms with van der Waals surface area (Å²) in [5.74, 6) is 0.437. The highest BCUT2D eigenvalue weighted by Gasteiger charge is 2.23. The Hall–Kier alpha value is -1.39. The highest BCUT2D eigenvalue weighted by Crippen LogP contribution is 2.28. The summed E-state index contributed by atoms with van der Waals surface area (Å²) in [5, 5.41) is 13.2. The number of rotatable bonds is 4. The minimum atomic E-state index is -0.0237. The van der Waals surface area contributed by atoms with Crippen molar-refractivity contribution in [3.05, 3.63) is 28.3 Å². The predicted octanol–water partition coefficient (Wildman–Crippen LogP) is 2.04. The quantitative estimate of drug-likeness (QED) is 0.833. The second kappa shape index (κ2) is 6.58. The highest BCUT2D eigenvalue weighted by atomic mass is 16.3. The standard InChI is InChI=1S/C17H26N2O2/c1-11-9-15(20)13(3)14(4)16(11)17(21)12(2)10-19-7-5-18-6-8-19/h9,12,18,20H,5-8,10H2,1-4H3. The van der Waals surface area contributed by atoms with Crippen LogP contribution in [0.4, 0.5) is 0 Å². The van der Waals surface area contributed by atoms with Crippen LogP contribution < -0.4 is 5.32 Å². The molecule has 1 aromatic carbocycles. The molecule has 1 heterocycles. The van der Waals surface area contributed by atoms with E-state index in [2.05, 4.69) is 10.2 Å². The molecule has 21 heavy (non-hydrogen) atoms. The molecule has 0 radical (unpaired) electrons. The second-order valence-corrected chi connectivity index (χ2v) is 6.15. The number of Topliss-reactive ketones (excluding diaryl/α,β-unsaturated/α-hetero) is 1. The summed E-state index contributed by atoms with van der Waals surface area (Å²) in [6.45, 7) is 12.5. The lowest BCUT2D eigenvalue weighted by Gasteiger charge is -2.29. The molecule has 0 bridgehead atoms. The van der Waals surface area contributed by atoms with Crippen molar-refractivity contribution in [2.45, 2.75) is 27.7 Å². The van der Waals surface area contributed by atoms with Crippen LogP contribution in [0.2, 0.25) is 0 Å². The first-order valence-electron chi connectivity index (χ1n) is 7.69. The fraction of sp³-hybridized carbons (Fsp3) is 0.588. The van der Waals surface area contributed by atoms with Crippen LogP contribution in [0.15, 0.2) is 6.07 Å². The molecule has 0 amide bonds. The Morgan fingerprint density at radius 2 is 1.90 bits per heavy atom. The van der Waals surface area contributed by atoms with Gasteiger partial charge in [0, 0.05) is 44.2 Å². The molecule has 2 rings (SSSR count). The minimum absolute atomic E-state index is 0.0237. The van der Waals surface area contributed by atoms with E-state index >= 15 is 0 Å². The van der Waals surface area contributed by atoms with Crippen LogP contribution >= 0.6 is 0 Å². The van der Waals surface area contributed by atoms with E-state index in [0.717, 1.165) is 55.0 Å². The number of hydrogen-bond donors (Lipinski definition) is 2. The van der Waals surface area contributed by atoms with Crippen LogP contribution in [-0.4, -0.2) is 48.5 Å². The molecule has 0 saturated carbocycles. The lowest BCUT2D eigenvalue weighted by Crippen LogP contribution is -2.45. The highest BCUT2D eigenvalue weighted by molar-refractivity contribution is 6.01. The van der Waals surface area contributed by atoms with E-state index in [0.29, 0.717) is 0 Å². The Labute approximate surface area is 127 Å². The number of phenolic OH excluding ortho intramolecular Hbond substituents is 1. The maximum atomic E-state index is 12.8. The molecule has 1 atom stereocenters. The van der Waals surface area contributed by atoms with Crippen LogP contribution in [-0.2, 0) is 0 Å². The number of ketones is 1. The third kappa shape index (κ3) is 3.44. The number of carbonyl (C=O) groups is 1. The lowest BCUT2D eigenvalue weighted by molar-refractivity contribution is 0.0886. The summed E-state index contributed by atoms with van der Waals surface area (Å²) in [4.78, 5) is 15.1. The average Bonchev–Trinajstić information content (AvgIpc) is 2.45. The molecule has 1 fully saturated rings. The van der Waals surface area contributed by atoms with Gasteiger partial charge < -0.3 is 15.3 Å². The second-order valence-electron chi connectivity index (χ2n) is 6.15. The van der Waals surface area contributed by atoms with Crippen LogP contribution in [0, 0.1) is 26.7 Å². The molecule has 1 aliphatic heterocycles. The van der Waals surface area contributed by atoms with Gasteiger partial charge in [0.05, 0.1) is 0 Å². The molecule has 116 valence electrons. The van der Waals surface area contributed by atoms with E-state index in [9.17, 15) is 9.90 Å². The summed E-state index contributed by atoms with van der Waals surface area (Å²) in [7, 11) is 0. The summed E-state index contributed by atoms with van der Waals surface area (Å²) in [6.07, 6.45) is 0. The molecule has 1 unspecified atom stereocenters. The summed E-state index contributed by atoms with van der Waals surface area (Å²) >= 11 is 0. The van der Waals surface area contributed by atoms with Crippen molar-refractivity contribution in [3.63, 3.8) is 0 Å². The van der Waals surface area contributed by atoms with Gasteiger partial charge in [0.2, 0.25) is 0 Å². The molecule has 4 heteroatoms. The van der Waals surface area contributed by atoms with Gasteiger partial charge in [-0.05, 0) is 43.5 Å². The zero-order valence-electron chi connectivity index (χ0n) is 13.5. The first-order valence-corrected chi connectivity index (χ1v) is 7.69. The summed E-state index contributed by atoms with van der Waals surface area (Å²) in [6, 6.07) is 1.70. The topological polar surface area (TPSA) is 52.6 Å². The Balaban J connectivity index is 2.17. The molecule has 4 nitrogen and oxygen atoms in total. The fourth-order valence-corrected chi connectivity index (χ4v) is 3.05. The van der Waals surface area contributed by atoms with Crippen molar-refractivity contribution in [2.75, 3.05) is 32.7 Å². The fourth-order valence-electron chi connectivity index (χ4n) is 3.05. The van der Waals surface area contributed by atoms with Crippen LogP contribution in [0.5, 0.6) is 5.75 Å². The van der Waals surface area contributed by atoms with Gasteiger partial charge in [0.15, 0.2) is 5.78 Å². The number of piperazine rings is 1. The third-order valence-electron chi connectivity index (χ3n) is 4.50. The van der Waals surface area contributed by atoms with Gasteiger partial charge in [-0.25, -0.2) is 0 Å². The third-order valence-corrected chi connectivity index (χ3v) is 4.50. The normalized spacial score (nSPS) is 17.7. The van der Waals surface area contributed by atoms with Gasteiger partial charge in [-0.3, -0.25) is 4.79 Å². The first kappa shape index (κ1) is 16.0. The number of aryl methyl sites for hydroxylation is 1. The first-order chi connectivity index (χ1) is 9.91. The van der Waals surface area contributed by atoms with Crippen molar-refractivity contribution >= 4 is 5.78 Å². The molecule has 0 spiro atoms. The predicted molar refractivity (Wildman–Crippen MR) is 85.1 cm³/mol. The Bertz CT molecular complexity index is 534. The number of aromatic hydroxyl groups is 1. The molecule has 1 saturated heterocycles. The van der Waals surface area contributed by atoms with Crippen molar-refractivity contribution < 1.29 is 9.90 Å². The zero-order valence-corrected chi connectivity index (χ0v) is 13.5. The molecule has 0 aromatic heterocycles. The van der Waals surface area contributed by atoms with E-state index < -0.39 is 0 Å². The number of benzene rings is 1. The largest absolute Gasteiger partial charge is 0.508 e. The Morgan fingerprint density at radius 3 is 2.52 bits per heavy atom. The van der Waals surface area contributed by atoms with E-state index in [1.54, 1.807) is 6.07 Å². The summed E-state index contributed by atoms with van der Waals surface area (Å²) in [5.41, 5.74) is 3.36. The van der Waals surface area contributed by atoms with Gasteiger partial charge in [-0.1, -0.05) is 6.92 Å². The SMILES string of the molecule is Cc1cc(O)c(C)c(C)c1C(=O)C(C)CN1CCNCC1.